The summed E-state index contributed by atoms with van der Waals surface area (Å²) in [5, 5.41) is 3.03. The van der Waals surface area contributed by atoms with Crippen LogP contribution in [0.2, 0.25) is 0 Å². The minimum Gasteiger partial charge on any atom is -0.353 e. The molecule has 1 fully saturated rings. The Hall–Kier alpha value is -0.530. The largest absolute Gasteiger partial charge is 0.353 e. The molecule has 2 atom stereocenters. The first-order valence-electron chi connectivity index (χ1n) is 5.44. The van der Waals surface area contributed by atoms with Crippen LogP contribution in [0.4, 0.5) is 0 Å². The van der Waals surface area contributed by atoms with Gasteiger partial charge in [-0.05, 0) is 25.2 Å². The first-order chi connectivity index (χ1) is 6.14. The molecule has 0 spiro atoms. The molecule has 0 aromatic rings. The van der Waals surface area contributed by atoms with Crippen molar-refractivity contribution in [3.63, 3.8) is 0 Å². The number of carbonyl (C=O) groups is 1. The normalized spacial score (nSPS) is 33.5. The van der Waals surface area contributed by atoms with Gasteiger partial charge in [-0.15, -0.1) is 0 Å². The molecular formula is C11H21NO. The highest BCUT2D eigenvalue weighted by atomic mass is 16.2. The second kappa shape index (κ2) is 4.12. The monoisotopic (exact) mass is 183 g/mol. The first-order valence-corrected chi connectivity index (χ1v) is 5.44. The summed E-state index contributed by atoms with van der Waals surface area (Å²) in [6, 6.07) is 0.372. The van der Waals surface area contributed by atoms with Crippen LogP contribution in [-0.2, 0) is 4.79 Å². The van der Waals surface area contributed by atoms with Gasteiger partial charge in [-0.25, -0.2) is 0 Å². The molecular weight excluding hydrogens is 162 g/mol. The van der Waals surface area contributed by atoms with Gasteiger partial charge in [0.1, 0.15) is 0 Å². The van der Waals surface area contributed by atoms with Crippen LogP contribution in [0.15, 0.2) is 0 Å². The Morgan fingerprint density at radius 1 is 1.54 bits per heavy atom. The Morgan fingerprint density at radius 3 is 2.62 bits per heavy atom. The van der Waals surface area contributed by atoms with Crippen molar-refractivity contribution < 1.29 is 4.79 Å². The van der Waals surface area contributed by atoms with Gasteiger partial charge in [-0.1, -0.05) is 26.7 Å². The molecule has 0 aromatic heterocycles. The number of unbranched alkanes of at least 4 members (excludes halogenated alkanes) is 1. The van der Waals surface area contributed by atoms with E-state index in [1.165, 1.54) is 19.3 Å². The summed E-state index contributed by atoms with van der Waals surface area (Å²) in [5.41, 5.74) is 0.257. The summed E-state index contributed by atoms with van der Waals surface area (Å²) >= 11 is 0. The fraction of sp³-hybridized carbons (Fsp3) is 0.909. The Morgan fingerprint density at radius 2 is 2.23 bits per heavy atom. The van der Waals surface area contributed by atoms with E-state index in [4.69, 9.17) is 0 Å². The van der Waals surface area contributed by atoms with E-state index in [9.17, 15) is 4.79 Å². The molecule has 76 valence electrons. The lowest BCUT2D eigenvalue weighted by atomic mass is 9.74. The van der Waals surface area contributed by atoms with Crippen LogP contribution in [0, 0.1) is 5.41 Å². The van der Waals surface area contributed by atoms with E-state index >= 15 is 0 Å². The lowest BCUT2D eigenvalue weighted by Crippen LogP contribution is -2.33. The summed E-state index contributed by atoms with van der Waals surface area (Å²) in [7, 11) is 0. The van der Waals surface area contributed by atoms with E-state index in [0.717, 1.165) is 12.8 Å². The van der Waals surface area contributed by atoms with Crippen molar-refractivity contribution in [1.82, 2.24) is 5.32 Å². The third-order valence-corrected chi connectivity index (χ3v) is 3.54. The Kier molecular flexibility index (Phi) is 3.34. The Labute approximate surface area is 81.1 Å². The highest BCUT2D eigenvalue weighted by Crippen LogP contribution is 2.40. The lowest BCUT2D eigenvalue weighted by Gasteiger charge is -2.30. The van der Waals surface area contributed by atoms with Crippen LogP contribution < -0.4 is 5.32 Å². The van der Waals surface area contributed by atoms with Gasteiger partial charge in [0, 0.05) is 12.5 Å². The lowest BCUT2D eigenvalue weighted by molar-refractivity contribution is -0.119. The fourth-order valence-corrected chi connectivity index (χ4v) is 2.36. The van der Waals surface area contributed by atoms with Crippen molar-refractivity contribution in [2.24, 2.45) is 5.41 Å². The number of rotatable bonds is 4. The number of hydrogen-bond acceptors (Lipinski definition) is 1. The second-order valence-electron chi connectivity index (χ2n) is 4.29. The highest BCUT2D eigenvalue weighted by molar-refractivity contribution is 5.79. The minimum absolute atomic E-state index is 0.241. The van der Waals surface area contributed by atoms with Gasteiger partial charge in [0.05, 0.1) is 0 Å². The molecule has 2 nitrogen and oxygen atoms in total. The molecule has 2 unspecified atom stereocenters. The molecule has 0 aromatic carbocycles. The maximum atomic E-state index is 11.3. The smallest absolute Gasteiger partial charge is 0.220 e. The molecule has 1 saturated heterocycles. The van der Waals surface area contributed by atoms with E-state index in [-0.39, 0.29) is 11.3 Å². The predicted octanol–water partition coefficient (Wildman–Crippen LogP) is 2.48. The SMILES string of the molecule is CCCCC1(CC)CC(=O)NC1C. The number of hydrogen-bond donors (Lipinski definition) is 1. The predicted molar refractivity (Wildman–Crippen MR) is 54.5 cm³/mol. The molecule has 1 N–H and O–H groups in total. The molecule has 0 radical (unpaired) electrons. The standard InChI is InChI=1S/C11H21NO/c1-4-6-7-11(5-2)8-10(13)12-9(11)3/h9H,4-8H2,1-3H3,(H,12,13). The Balaban J connectivity index is 2.62. The zero-order valence-electron chi connectivity index (χ0n) is 9.02. The van der Waals surface area contributed by atoms with Crippen molar-refractivity contribution >= 4 is 5.91 Å². The van der Waals surface area contributed by atoms with Gasteiger partial charge < -0.3 is 5.32 Å². The average molecular weight is 183 g/mol. The van der Waals surface area contributed by atoms with Crippen LogP contribution in [0.5, 0.6) is 0 Å². The molecule has 1 aliphatic rings. The zero-order chi connectivity index (χ0) is 9.90. The van der Waals surface area contributed by atoms with Gasteiger partial charge >= 0.3 is 0 Å². The first kappa shape index (κ1) is 10.6. The van der Waals surface area contributed by atoms with E-state index in [0.29, 0.717) is 6.04 Å². The quantitative estimate of drug-likeness (QED) is 0.712. The maximum absolute atomic E-state index is 11.3. The van der Waals surface area contributed by atoms with Crippen LogP contribution in [-0.4, -0.2) is 11.9 Å². The van der Waals surface area contributed by atoms with Crippen molar-refractivity contribution in [2.45, 2.75) is 58.9 Å². The van der Waals surface area contributed by atoms with Crippen LogP contribution in [0.1, 0.15) is 52.9 Å². The molecule has 0 bridgehead atoms. The summed E-state index contributed by atoms with van der Waals surface area (Å²) in [4.78, 5) is 11.3. The molecule has 13 heavy (non-hydrogen) atoms. The van der Waals surface area contributed by atoms with Crippen LogP contribution in [0.25, 0.3) is 0 Å². The van der Waals surface area contributed by atoms with Crippen LogP contribution in [0.3, 0.4) is 0 Å². The highest BCUT2D eigenvalue weighted by Gasteiger charge is 2.42. The minimum atomic E-state index is 0.241. The van der Waals surface area contributed by atoms with E-state index in [1.807, 2.05) is 0 Å². The van der Waals surface area contributed by atoms with E-state index in [2.05, 4.69) is 26.1 Å². The van der Waals surface area contributed by atoms with Gasteiger partial charge in [0.15, 0.2) is 0 Å². The van der Waals surface area contributed by atoms with Crippen molar-refractivity contribution in [1.29, 1.82) is 0 Å². The number of nitrogens with one attached hydrogen (secondary N) is 1. The molecule has 1 aliphatic heterocycles. The summed E-state index contributed by atoms with van der Waals surface area (Å²) in [5.74, 6) is 0.241. The van der Waals surface area contributed by atoms with Crippen molar-refractivity contribution in [3.05, 3.63) is 0 Å². The summed E-state index contributed by atoms with van der Waals surface area (Å²) in [6.07, 6.45) is 5.52. The summed E-state index contributed by atoms with van der Waals surface area (Å²) < 4.78 is 0. The summed E-state index contributed by atoms with van der Waals surface area (Å²) in [6.45, 7) is 6.55. The molecule has 1 heterocycles. The maximum Gasteiger partial charge on any atom is 0.220 e. The third kappa shape index (κ3) is 2.04. The van der Waals surface area contributed by atoms with E-state index in [1.54, 1.807) is 0 Å². The van der Waals surface area contributed by atoms with Crippen molar-refractivity contribution in [3.8, 4) is 0 Å². The average Bonchev–Trinajstić information content (AvgIpc) is 2.38. The molecule has 1 amide bonds. The van der Waals surface area contributed by atoms with Gasteiger partial charge in [0.2, 0.25) is 5.91 Å². The van der Waals surface area contributed by atoms with Crippen molar-refractivity contribution in [2.75, 3.05) is 0 Å². The van der Waals surface area contributed by atoms with Gasteiger partial charge in [-0.2, -0.15) is 0 Å². The second-order valence-corrected chi connectivity index (χ2v) is 4.29. The van der Waals surface area contributed by atoms with Gasteiger partial charge in [0.25, 0.3) is 0 Å². The van der Waals surface area contributed by atoms with Crippen LogP contribution >= 0.6 is 0 Å². The number of carbonyl (C=O) groups excluding carboxylic acids is 1. The number of amides is 1. The fourth-order valence-electron chi connectivity index (χ4n) is 2.36. The molecule has 0 saturated carbocycles. The molecule has 0 aliphatic carbocycles. The Bertz CT molecular complexity index is 191. The van der Waals surface area contributed by atoms with Gasteiger partial charge in [-0.3, -0.25) is 4.79 Å². The third-order valence-electron chi connectivity index (χ3n) is 3.54. The zero-order valence-corrected chi connectivity index (χ0v) is 9.02. The topological polar surface area (TPSA) is 29.1 Å². The molecule has 1 rings (SSSR count). The molecule has 2 heteroatoms. The van der Waals surface area contributed by atoms with E-state index < -0.39 is 0 Å².